The van der Waals surface area contributed by atoms with Crippen LogP contribution in [0, 0.1) is 5.41 Å². The van der Waals surface area contributed by atoms with Crippen LogP contribution >= 0.6 is 0 Å². The Bertz CT molecular complexity index is 282. The maximum absolute atomic E-state index is 12.1. The number of amides is 1. The van der Waals surface area contributed by atoms with Crippen molar-refractivity contribution in [1.29, 1.82) is 0 Å². The fourth-order valence-corrected chi connectivity index (χ4v) is 3.38. The third kappa shape index (κ3) is 4.18. The monoisotopic (exact) mass is 268 g/mol. The summed E-state index contributed by atoms with van der Waals surface area (Å²) in [6.45, 7) is 5.46. The van der Waals surface area contributed by atoms with E-state index < -0.39 is 0 Å². The van der Waals surface area contributed by atoms with Crippen LogP contribution in [-0.2, 0) is 9.53 Å². The van der Waals surface area contributed by atoms with Crippen LogP contribution in [0.4, 0.5) is 0 Å². The molecule has 0 radical (unpaired) electrons. The lowest BCUT2D eigenvalue weighted by atomic mass is 9.83. The molecule has 0 spiro atoms. The molecule has 1 amide bonds. The van der Waals surface area contributed by atoms with E-state index in [-0.39, 0.29) is 11.9 Å². The first-order valence-corrected chi connectivity index (χ1v) is 7.85. The van der Waals surface area contributed by atoms with Gasteiger partial charge in [0.15, 0.2) is 0 Å². The van der Waals surface area contributed by atoms with Gasteiger partial charge in [0.1, 0.15) is 0 Å². The molecule has 0 aromatic heterocycles. The van der Waals surface area contributed by atoms with Crippen LogP contribution in [0.5, 0.6) is 0 Å². The Balaban J connectivity index is 1.77. The van der Waals surface area contributed by atoms with E-state index in [9.17, 15) is 4.79 Å². The molecule has 4 heteroatoms. The van der Waals surface area contributed by atoms with Gasteiger partial charge >= 0.3 is 0 Å². The van der Waals surface area contributed by atoms with Gasteiger partial charge in [-0.05, 0) is 51.0 Å². The van der Waals surface area contributed by atoms with Crippen LogP contribution < -0.4 is 10.6 Å². The Morgan fingerprint density at radius 2 is 2.16 bits per heavy atom. The molecule has 1 saturated carbocycles. The average molecular weight is 268 g/mol. The highest BCUT2D eigenvalue weighted by Crippen LogP contribution is 2.40. The molecular weight excluding hydrogens is 240 g/mol. The maximum atomic E-state index is 12.1. The topological polar surface area (TPSA) is 50.4 Å². The van der Waals surface area contributed by atoms with E-state index >= 15 is 0 Å². The number of hydrogen-bond donors (Lipinski definition) is 2. The second-order valence-electron chi connectivity index (χ2n) is 6.02. The van der Waals surface area contributed by atoms with Gasteiger partial charge in [-0.25, -0.2) is 0 Å². The Morgan fingerprint density at radius 1 is 1.37 bits per heavy atom. The number of ether oxygens (including phenoxy) is 1. The lowest BCUT2D eigenvalue weighted by molar-refractivity contribution is -0.123. The van der Waals surface area contributed by atoms with E-state index in [0.29, 0.717) is 5.41 Å². The van der Waals surface area contributed by atoms with Crippen LogP contribution in [0.2, 0.25) is 0 Å². The second kappa shape index (κ2) is 7.25. The zero-order valence-corrected chi connectivity index (χ0v) is 12.2. The average Bonchev–Trinajstić information content (AvgIpc) is 3.08. The Kier molecular flexibility index (Phi) is 5.64. The summed E-state index contributed by atoms with van der Waals surface area (Å²) in [5, 5.41) is 6.44. The van der Waals surface area contributed by atoms with Gasteiger partial charge in [-0.3, -0.25) is 4.79 Å². The first-order valence-electron chi connectivity index (χ1n) is 7.85. The first-order chi connectivity index (χ1) is 9.26. The van der Waals surface area contributed by atoms with Crippen LogP contribution in [-0.4, -0.2) is 38.3 Å². The minimum absolute atomic E-state index is 0.0466. The molecule has 0 aromatic carbocycles. The van der Waals surface area contributed by atoms with E-state index in [0.717, 1.165) is 45.6 Å². The normalized spacial score (nSPS) is 25.6. The molecular formula is C15H28N2O2. The summed E-state index contributed by atoms with van der Waals surface area (Å²) in [5.74, 6) is 0.195. The lowest BCUT2D eigenvalue weighted by Gasteiger charge is -2.29. The first kappa shape index (κ1) is 14.8. The van der Waals surface area contributed by atoms with Crippen LogP contribution in [0.3, 0.4) is 0 Å². The predicted molar refractivity (Wildman–Crippen MR) is 76.0 cm³/mol. The molecule has 2 aliphatic rings. The number of nitrogens with one attached hydrogen (secondary N) is 2. The summed E-state index contributed by atoms with van der Waals surface area (Å²) in [4.78, 5) is 12.1. The van der Waals surface area contributed by atoms with Gasteiger partial charge in [0.05, 0.1) is 6.04 Å². The summed E-state index contributed by atoms with van der Waals surface area (Å²) >= 11 is 0. The molecule has 1 unspecified atom stereocenters. The van der Waals surface area contributed by atoms with Crippen molar-refractivity contribution in [2.75, 3.05) is 26.3 Å². The molecule has 110 valence electrons. The third-order valence-electron chi connectivity index (χ3n) is 4.66. The summed E-state index contributed by atoms with van der Waals surface area (Å²) < 4.78 is 5.50. The standard InChI is InChI=1S/C15H28N2O2/c1-2-19-11-9-15(7-3-4-8-15)12-17-14(18)13-6-5-10-16-13/h13,16H,2-12H2,1H3,(H,17,18). The summed E-state index contributed by atoms with van der Waals surface area (Å²) in [6.07, 6.45) is 8.24. The molecule has 4 nitrogen and oxygen atoms in total. The van der Waals surface area contributed by atoms with Crippen molar-refractivity contribution in [2.45, 2.75) is 57.9 Å². The second-order valence-corrected chi connectivity index (χ2v) is 6.02. The van der Waals surface area contributed by atoms with Gasteiger partial charge in [0.25, 0.3) is 0 Å². The quantitative estimate of drug-likeness (QED) is 0.693. The molecule has 1 heterocycles. The van der Waals surface area contributed by atoms with E-state index in [1.807, 2.05) is 6.92 Å². The minimum Gasteiger partial charge on any atom is -0.382 e. The van der Waals surface area contributed by atoms with Crippen LogP contribution in [0.15, 0.2) is 0 Å². The van der Waals surface area contributed by atoms with Gasteiger partial charge in [-0.15, -0.1) is 0 Å². The Labute approximate surface area is 116 Å². The smallest absolute Gasteiger partial charge is 0.237 e. The van der Waals surface area contributed by atoms with Gasteiger partial charge in [-0.1, -0.05) is 12.8 Å². The molecule has 1 saturated heterocycles. The summed E-state index contributed by atoms with van der Waals surface area (Å²) in [6, 6.07) is 0.0466. The highest BCUT2D eigenvalue weighted by atomic mass is 16.5. The van der Waals surface area contributed by atoms with Gasteiger partial charge < -0.3 is 15.4 Å². The molecule has 1 aliphatic carbocycles. The fourth-order valence-electron chi connectivity index (χ4n) is 3.38. The molecule has 1 atom stereocenters. The van der Waals surface area contributed by atoms with Crippen molar-refractivity contribution in [2.24, 2.45) is 5.41 Å². The number of carbonyl (C=O) groups is 1. The fraction of sp³-hybridized carbons (Fsp3) is 0.933. The molecule has 19 heavy (non-hydrogen) atoms. The SMILES string of the molecule is CCOCCC1(CNC(=O)C2CCCN2)CCCC1. The minimum atomic E-state index is 0.0466. The number of carbonyl (C=O) groups excluding carboxylic acids is 1. The van der Waals surface area contributed by atoms with Crippen LogP contribution in [0.25, 0.3) is 0 Å². The molecule has 0 aromatic rings. The molecule has 1 aliphatic heterocycles. The lowest BCUT2D eigenvalue weighted by Crippen LogP contribution is -2.44. The zero-order chi connectivity index (χ0) is 13.6. The summed E-state index contributed by atoms with van der Waals surface area (Å²) in [5.41, 5.74) is 0.295. The van der Waals surface area contributed by atoms with E-state index in [1.165, 1.54) is 25.7 Å². The van der Waals surface area contributed by atoms with Crippen LogP contribution in [0.1, 0.15) is 51.9 Å². The Morgan fingerprint density at radius 3 is 2.79 bits per heavy atom. The Hall–Kier alpha value is -0.610. The van der Waals surface area contributed by atoms with Crippen molar-refractivity contribution in [3.05, 3.63) is 0 Å². The van der Waals surface area contributed by atoms with Crippen molar-refractivity contribution in [3.8, 4) is 0 Å². The largest absolute Gasteiger partial charge is 0.382 e. The van der Waals surface area contributed by atoms with Crippen molar-refractivity contribution in [1.82, 2.24) is 10.6 Å². The highest BCUT2D eigenvalue weighted by Gasteiger charge is 2.34. The van der Waals surface area contributed by atoms with Crippen molar-refractivity contribution in [3.63, 3.8) is 0 Å². The molecule has 2 rings (SSSR count). The number of hydrogen-bond acceptors (Lipinski definition) is 3. The maximum Gasteiger partial charge on any atom is 0.237 e. The summed E-state index contributed by atoms with van der Waals surface area (Å²) in [7, 11) is 0. The van der Waals surface area contributed by atoms with E-state index in [4.69, 9.17) is 4.74 Å². The van der Waals surface area contributed by atoms with Gasteiger partial charge in [-0.2, -0.15) is 0 Å². The predicted octanol–water partition coefficient (Wildman–Crippen LogP) is 1.84. The van der Waals surface area contributed by atoms with Gasteiger partial charge in [0, 0.05) is 19.8 Å². The highest BCUT2D eigenvalue weighted by molar-refractivity contribution is 5.82. The zero-order valence-electron chi connectivity index (χ0n) is 12.2. The third-order valence-corrected chi connectivity index (χ3v) is 4.66. The molecule has 2 fully saturated rings. The number of rotatable bonds is 7. The van der Waals surface area contributed by atoms with Crippen molar-refractivity contribution >= 4 is 5.91 Å². The van der Waals surface area contributed by atoms with E-state index in [2.05, 4.69) is 10.6 Å². The van der Waals surface area contributed by atoms with Crippen molar-refractivity contribution < 1.29 is 9.53 Å². The molecule has 2 N–H and O–H groups in total. The van der Waals surface area contributed by atoms with E-state index in [1.54, 1.807) is 0 Å². The van der Waals surface area contributed by atoms with Gasteiger partial charge in [0.2, 0.25) is 5.91 Å². The molecule has 0 bridgehead atoms.